The molecule has 1 aliphatic rings. The number of rotatable bonds is 4. The van der Waals surface area contributed by atoms with Crippen molar-refractivity contribution >= 4 is 23.6 Å². The van der Waals surface area contributed by atoms with Gasteiger partial charge in [0.15, 0.2) is 0 Å². The van der Waals surface area contributed by atoms with E-state index in [1.165, 1.54) is 12.1 Å². The van der Waals surface area contributed by atoms with E-state index in [0.717, 1.165) is 28.3 Å². The zero-order valence-electron chi connectivity index (χ0n) is 16.3. The fraction of sp³-hybridized carbons (Fsp3) is 0.182. The minimum Gasteiger partial charge on any atom is -0.339 e. The largest absolute Gasteiger partial charge is 0.339 e. The highest BCUT2D eigenvalue weighted by Gasteiger charge is 2.26. The summed E-state index contributed by atoms with van der Waals surface area (Å²) in [5.74, 6) is 0.992. The number of hydrogen-bond acceptors (Lipinski definition) is 4. The van der Waals surface area contributed by atoms with Crippen LogP contribution in [0.3, 0.4) is 0 Å². The Hall–Kier alpha value is -3.45. The third-order valence-corrected chi connectivity index (χ3v) is 4.93. The summed E-state index contributed by atoms with van der Waals surface area (Å²) < 4.78 is 15.4. The molecule has 1 amide bonds. The second-order valence-electron chi connectivity index (χ2n) is 7.05. The SMILES string of the molecule is CC1=Cn2c(nc(-c3ccc(F)cc3)c2Nc2ccc(C)cc2)CN1C(=O)CN. The van der Waals surface area contributed by atoms with Gasteiger partial charge in [-0.15, -0.1) is 0 Å². The van der Waals surface area contributed by atoms with Crippen LogP contribution in [-0.4, -0.2) is 26.9 Å². The van der Waals surface area contributed by atoms with E-state index in [-0.39, 0.29) is 18.3 Å². The summed E-state index contributed by atoms with van der Waals surface area (Å²) >= 11 is 0. The molecule has 1 aliphatic heterocycles. The number of nitrogens with two attached hydrogens (primary N) is 1. The molecule has 29 heavy (non-hydrogen) atoms. The first kappa shape index (κ1) is 18.9. The van der Waals surface area contributed by atoms with E-state index in [1.54, 1.807) is 17.0 Å². The van der Waals surface area contributed by atoms with Gasteiger partial charge in [-0.2, -0.15) is 0 Å². The lowest BCUT2D eigenvalue weighted by molar-refractivity contribution is -0.128. The van der Waals surface area contributed by atoms with Crippen molar-refractivity contribution in [3.63, 3.8) is 0 Å². The Labute approximate surface area is 168 Å². The van der Waals surface area contributed by atoms with Crippen LogP contribution in [0.15, 0.2) is 54.2 Å². The minimum absolute atomic E-state index is 0.0643. The number of fused-ring (bicyclic) bond motifs is 1. The van der Waals surface area contributed by atoms with Crippen molar-refractivity contribution in [3.8, 4) is 11.3 Å². The average Bonchev–Trinajstić information content (AvgIpc) is 3.06. The Bertz CT molecular complexity index is 1080. The Morgan fingerprint density at radius 1 is 1.14 bits per heavy atom. The molecule has 3 N–H and O–H groups in total. The predicted molar refractivity (Wildman–Crippen MR) is 112 cm³/mol. The third-order valence-electron chi connectivity index (χ3n) is 4.93. The van der Waals surface area contributed by atoms with Gasteiger partial charge in [0, 0.05) is 23.1 Å². The number of benzene rings is 2. The number of anilines is 2. The lowest BCUT2D eigenvalue weighted by Crippen LogP contribution is -2.36. The van der Waals surface area contributed by atoms with Crippen molar-refractivity contribution in [2.45, 2.75) is 20.4 Å². The minimum atomic E-state index is -0.304. The highest BCUT2D eigenvalue weighted by Crippen LogP contribution is 2.34. The van der Waals surface area contributed by atoms with E-state index in [1.807, 2.05) is 48.9 Å². The molecule has 0 unspecified atom stereocenters. The molecule has 2 aromatic carbocycles. The fourth-order valence-corrected chi connectivity index (χ4v) is 3.35. The molecule has 0 fully saturated rings. The van der Waals surface area contributed by atoms with Crippen molar-refractivity contribution in [3.05, 3.63) is 71.4 Å². The van der Waals surface area contributed by atoms with E-state index >= 15 is 0 Å². The summed E-state index contributed by atoms with van der Waals surface area (Å²) in [7, 11) is 0. The summed E-state index contributed by atoms with van der Waals surface area (Å²) in [5.41, 5.74) is 9.87. The molecule has 3 aromatic rings. The number of aromatic nitrogens is 2. The Balaban J connectivity index is 1.82. The number of nitrogens with zero attached hydrogens (tertiary/aromatic N) is 3. The molecule has 0 spiro atoms. The molecule has 7 heteroatoms. The highest BCUT2D eigenvalue weighted by atomic mass is 19.1. The van der Waals surface area contributed by atoms with Gasteiger partial charge >= 0.3 is 0 Å². The number of carbonyl (C=O) groups is 1. The molecular weight excluding hydrogens is 369 g/mol. The molecule has 2 heterocycles. The Morgan fingerprint density at radius 2 is 1.83 bits per heavy atom. The first-order valence-corrected chi connectivity index (χ1v) is 9.36. The molecular formula is C22H22FN5O. The number of halogens is 1. The van der Waals surface area contributed by atoms with Gasteiger partial charge in [-0.1, -0.05) is 17.7 Å². The van der Waals surface area contributed by atoms with Gasteiger partial charge in [0.05, 0.1) is 13.1 Å². The smallest absolute Gasteiger partial charge is 0.240 e. The number of nitrogens with one attached hydrogen (secondary N) is 1. The van der Waals surface area contributed by atoms with Crippen LogP contribution in [0.1, 0.15) is 18.3 Å². The summed E-state index contributed by atoms with van der Waals surface area (Å²) in [4.78, 5) is 18.6. The predicted octanol–water partition coefficient (Wildman–Crippen LogP) is 3.86. The number of hydrogen-bond donors (Lipinski definition) is 2. The van der Waals surface area contributed by atoms with Gasteiger partial charge in [0.1, 0.15) is 23.2 Å². The van der Waals surface area contributed by atoms with Crippen LogP contribution in [0.4, 0.5) is 15.9 Å². The summed E-state index contributed by atoms with van der Waals surface area (Å²) in [6.07, 6.45) is 1.86. The first-order chi connectivity index (χ1) is 14.0. The lowest BCUT2D eigenvalue weighted by Gasteiger charge is -2.27. The maximum absolute atomic E-state index is 13.4. The summed E-state index contributed by atoms with van der Waals surface area (Å²) in [5, 5.41) is 3.43. The van der Waals surface area contributed by atoms with E-state index in [0.29, 0.717) is 18.1 Å². The second-order valence-corrected chi connectivity index (χ2v) is 7.05. The topological polar surface area (TPSA) is 76.2 Å². The van der Waals surface area contributed by atoms with Gasteiger partial charge in [0.2, 0.25) is 5.91 Å². The van der Waals surface area contributed by atoms with Crippen LogP contribution < -0.4 is 11.1 Å². The molecule has 0 bridgehead atoms. The maximum Gasteiger partial charge on any atom is 0.240 e. The van der Waals surface area contributed by atoms with Gasteiger partial charge in [-0.05, 0) is 50.2 Å². The fourth-order valence-electron chi connectivity index (χ4n) is 3.35. The lowest BCUT2D eigenvalue weighted by atomic mass is 10.1. The van der Waals surface area contributed by atoms with Crippen LogP contribution in [0.2, 0.25) is 0 Å². The van der Waals surface area contributed by atoms with Crippen LogP contribution in [-0.2, 0) is 11.3 Å². The summed E-state index contributed by atoms with van der Waals surface area (Å²) in [6, 6.07) is 14.3. The van der Waals surface area contributed by atoms with Crippen molar-refractivity contribution in [1.82, 2.24) is 14.5 Å². The number of imidazole rings is 1. The quantitative estimate of drug-likeness (QED) is 0.708. The number of aryl methyl sites for hydroxylation is 1. The molecule has 0 atom stereocenters. The van der Waals surface area contributed by atoms with Crippen molar-refractivity contribution in [1.29, 1.82) is 0 Å². The van der Waals surface area contributed by atoms with Gasteiger partial charge < -0.3 is 16.0 Å². The number of amides is 1. The van der Waals surface area contributed by atoms with Crippen LogP contribution >= 0.6 is 0 Å². The average molecular weight is 391 g/mol. The molecule has 0 radical (unpaired) electrons. The van der Waals surface area contributed by atoms with Crippen molar-refractivity contribution in [2.24, 2.45) is 5.73 Å². The molecule has 1 aromatic heterocycles. The monoisotopic (exact) mass is 391 g/mol. The molecule has 0 aliphatic carbocycles. The van der Waals surface area contributed by atoms with E-state index in [9.17, 15) is 9.18 Å². The van der Waals surface area contributed by atoms with Crippen LogP contribution in [0.5, 0.6) is 0 Å². The normalized spacial score (nSPS) is 13.1. The second kappa shape index (κ2) is 7.52. The van der Waals surface area contributed by atoms with Gasteiger partial charge in [-0.3, -0.25) is 9.36 Å². The third kappa shape index (κ3) is 3.64. The Morgan fingerprint density at radius 3 is 2.48 bits per heavy atom. The Kier molecular flexibility index (Phi) is 4.90. The zero-order chi connectivity index (χ0) is 20.5. The maximum atomic E-state index is 13.4. The molecule has 148 valence electrons. The molecule has 4 rings (SSSR count). The van der Waals surface area contributed by atoms with Gasteiger partial charge in [0.25, 0.3) is 0 Å². The molecule has 6 nitrogen and oxygen atoms in total. The number of allylic oxidation sites excluding steroid dienone is 1. The van der Waals surface area contributed by atoms with Crippen LogP contribution in [0.25, 0.3) is 17.5 Å². The number of carbonyl (C=O) groups excluding carboxylic acids is 1. The highest BCUT2D eigenvalue weighted by molar-refractivity contribution is 5.82. The van der Waals surface area contributed by atoms with Crippen molar-refractivity contribution in [2.75, 3.05) is 11.9 Å². The molecule has 0 saturated heterocycles. The van der Waals surface area contributed by atoms with E-state index in [4.69, 9.17) is 10.7 Å². The molecule has 0 saturated carbocycles. The van der Waals surface area contributed by atoms with Crippen LogP contribution in [0, 0.1) is 12.7 Å². The van der Waals surface area contributed by atoms with E-state index in [2.05, 4.69) is 5.32 Å². The van der Waals surface area contributed by atoms with Gasteiger partial charge in [-0.25, -0.2) is 9.37 Å². The van der Waals surface area contributed by atoms with E-state index < -0.39 is 0 Å². The standard InChI is InChI=1S/C22H22FN5O/c1-14-3-9-18(10-4-14)25-22-21(16-5-7-17(23)8-6-16)26-19-13-27(20(29)11-24)15(2)12-28(19)22/h3-10,12,25H,11,13,24H2,1-2H3. The first-order valence-electron chi connectivity index (χ1n) is 9.36. The summed E-state index contributed by atoms with van der Waals surface area (Å²) in [6.45, 7) is 4.15. The van der Waals surface area contributed by atoms with Crippen molar-refractivity contribution < 1.29 is 9.18 Å². The zero-order valence-corrected chi connectivity index (χ0v) is 16.3.